The molecule has 0 bridgehead atoms. The maximum absolute atomic E-state index is 12.2. The zero-order valence-corrected chi connectivity index (χ0v) is 13.9. The van der Waals surface area contributed by atoms with Crippen molar-refractivity contribution < 1.29 is 9.53 Å². The lowest BCUT2D eigenvalue weighted by Crippen LogP contribution is -2.10. The largest absolute Gasteiger partial charge is 0.456 e. The van der Waals surface area contributed by atoms with Crippen LogP contribution in [0.15, 0.2) is 22.7 Å². The topological polar surface area (TPSA) is 70.1 Å². The first-order chi connectivity index (χ1) is 9.92. The number of nitrogen functional groups attached to an aromatic ring is 1. The number of anilines is 1. The number of hydrogen-bond acceptors (Lipinski definition) is 4. The Kier molecular flexibility index (Phi) is 4.67. The van der Waals surface area contributed by atoms with Crippen LogP contribution >= 0.6 is 15.9 Å². The Bertz CT molecular complexity index is 680. The van der Waals surface area contributed by atoms with Crippen molar-refractivity contribution in [3.63, 3.8) is 0 Å². The summed E-state index contributed by atoms with van der Waals surface area (Å²) in [4.78, 5) is 12.2. The number of aromatic nitrogens is 2. The van der Waals surface area contributed by atoms with Gasteiger partial charge in [0.05, 0.1) is 17.0 Å². The van der Waals surface area contributed by atoms with Crippen molar-refractivity contribution in [1.82, 2.24) is 9.78 Å². The average Bonchev–Trinajstić information content (AvgIpc) is 2.80. The van der Waals surface area contributed by atoms with E-state index in [9.17, 15) is 4.79 Å². The summed E-state index contributed by atoms with van der Waals surface area (Å²) >= 11 is 3.33. The van der Waals surface area contributed by atoms with Crippen molar-refractivity contribution in [2.75, 3.05) is 5.73 Å². The smallest absolute Gasteiger partial charge is 0.338 e. The first kappa shape index (κ1) is 15.6. The molecular formula is C15H18BrN3O2. The number of nitrogens with zero attached hydrogens (tertiary/aromatic N) is 2. The molecule has 0 atom stereocenters. The van der Waals surface area contributed by atoms with Crippen molar-refractivity contribution in [3.05, 3.63) is 45.2 Å². The minimum atomic E-state index is -0.389. The van der Waals surface area contributed by atoms with Gasteiger partial charge in [-0.3, -0.25) is 4.68 Å². The lowest BCUT2D eigenvalue weighted by atomic mass is 10.1. The van der Waals surface area contributed by atoms with Crippen LogP contribution in [0, 0.1) is 6.92 Å². The first-order valence-electron chi connectivity index (χ1n) is 6.67. The van der Waals surface area contributed by atoms with Gasteiger partial charge in [-0.15, -0.1) is 0 Å². The van der Waals surface area contributed by atoms with Gasteiger partial charge in [-0.1, -0.05) is 22.9 Å². The second-order valence-corrected chi connectivity index (χ2v) is 5.76. The maximum Gasteiger partial charge on any atom is 0.338 e. The van der Waals surface area contributed by atoms with E-state index < -0.39 is 0 Å². The van der Waals surface area contributed by atoms with Gasteiger partial charge in [-0.2, -0.15) is 5.10 Å². The van der Waals surface area contributed by atoms with E-state index in [4.69, 9.17) is 10.5 Å². The second-order valence-electron chi connectivity index (χ2n) is 4.85. The molecule has 0 aliphatic carbocycles. The minimum Gasteiger partial charge on any atom is -0.456 e. The van der Waals surface area contributed by atoms with Gasteiger partial charge in [0.25, 0.3) is 0 Å². The molecule has 0 aliphatic heterocycles. The number of aryl methyl sites for hydroxylation is 2. The van der Waals surface area contributed by atoms with Crippen LogP contribution in [-0.2, 0) is 24.8 Å². The fourth-order valence-corrected chi connectivity index (χ4v) is 2.48. The van der Waals surface area contributed by atoms with Crippen molar-refractivity contribution in [3.8, 4) is 0 Å². The number of rotatable bonds is 4. The number of carbonyl (C=O) groups excluding carboxylic acids is 1. The van der Waals surface area contributed by atoms with Gasteiger partial charge < -0.3 is 10.5 Å². The summed E-state index contributed by atoms with van der Waals surface area (Å²) in [5.74, 6) is -0.389. The predicted octanol–water partition coefficient (Wildman–Crippen LogP) is 2.99. The molecule has 1 aromatic heterocycles. The van der Waals surface area contributed by atoms with E-state index in [1.54, 1.807) is 23.7 Å². The van der Waals surface area contributed by atoms with Crippen LogP contribution in [0.2, 0.25) is 0 Å². The van der Waals surface area contributed by atoms with Gasteiger partial charge in [0.15, 0.2) is 0 Å². The number of ether oxygens (including phenoxy) is 1. The lowest BCUT2D eigenvalue weighted by molar-refractivity contribution is 0.0462. The maximum atomic E-state index is 12.2. The molecule has 1 heterocycles. The summed E-state index contributed by atoms with van der Waals surface area (Å²) in [5.41, 5.74) is 9.46. The van der Waals surface area contributed by atoms with E-state index >= 15 is 0 Å². The van der Waals surface area contributed by atoms with Gasteiger partial charge in [-0.05, 0) is 37.1 Å². The Morgan fingerprint density at radius 3 is 2.76 bits per heavy atom. The molecule has 0 aliphatic rings. The SMILES string of the molecule is CCc1cc(COC(=O)c2cc(Br)cc(N)c2C)n(C)n1. The summed E-state index contributed by atoms with van der Waals surface area (Å²) in [7, 11) is 1.84. The van der Waals surface area contributed by atoms with Crippen LogP contribution in [0.25, 0.3) is 0 Å². The Labute approximate surface area is 132 Å². The average molecular weight is 352 g/mol. The first-order valence-corrected chi connectivity index (χ1v) is 7.46. The molecule has 2 rings (SSSR count). The predicted molar refractivity (Wildman–Crippen MR) is 85.0 cm³/mol. The standard InChI is InChI=1S/C15H18BrN3O2/c1-4-11-7-12(19(3)18-11)8-21-15(20)13-5-10(16)6-14(17)9(13)2/h5-7H,4,8,17H2,1-3H3. The molecule has 112 valence electrons. The van der Waals surface area contributed by atoms with Crippen LogP contribution in [-0.4, -0.2) is 15.7 Å². The molecule has 0 fully saturated rings. The number of benzene rings is 1. The number of hydrogen-bond donors (Lipinski definition) is 1. The minimum absolute atomic E-state index is 0.189. The molecule has 6 heteroatoms. The summed E-state index contributed by atoms with van der Waals surface area (Å²) in [6.07, 6.45) is 0.850. The highest BCUT2D eigenvalue weighted by molar-refractivity contribution is 9.10. The molecular weight excluding hydrogens is 334 g/mol. The highest BCUT2D eigenvalue weighted by Gasteiger charge is 2.15. The van der Waals surface area contributed by atoms with Gasteiger partial charge >= 0.3 is 5.97 Å². The van der Waals surface area contributed by atoms with Crippen LogP contribution in [0.1, 0.15) is 34.2 Å². The molecule has 1 aromatic carbocycles. The Balaban J connectivity index is 2.13. The molecule has 0 saturated heterocycles. The highest BCUT2D eigenvalue weighted by Crippen LogP contribution is 2.23. The monoisotopic (exact) mass is 351 g/mol. The molecule has 0 amide bonds. The number of halogens is 1. The van der Waals surface area contributed by atoms with Crippen LogP contribution in [0.3, 0.4) is 0 Å². The van der Waals surface area contributed by atoms with Crippen LogP contribution in [0.5, 0.6) is 0 Å². The van der Waals surface area contributed by atoms with Crippen LogP contribution in [0.4, 0.5) is 5.69 Å². The normalized spacial score (nSPS) is 10.7. The third-order valence-electron chi connectivity index (χ3n) is 3.37. The van der Waals surface area contributed by atoms with Crippen molar-refractivity contribution >= 4 is 27.6 Å². The molecule has 21 heavy (non-hydrogen) atoms. The van der Waals surface area contributed by atoms with E-state index in [0.717, 1.165) is 27.8 Å². The van der Waals surface area contributed by atoms with Gasteiger partial charge in [0, 0.05) is 17.2 Å². The molecule has 0 saturated carbocycles. The van der Waals surface area contributed by atoms with Crippen LogP contribution < -0.4 is 5.73 Å². The summed E-state index contributed by atoms with van der Waals surface area (Å²) in [5, 5.41) is 4.32. The summed E-state index contributed by atoms with van der Waals surface area (Å²) < 4.78 is 7.85. The summed E-state index contributed by atoms with van der Waals surface area (Å²) in [6, 6.07) is 5.42. The third-order valence-corrected chi connectivity index (χ3v) is 3.83. The number of nitrogens with two attached hydrogens (primary N) is 1. The molecule has 0 radical (unpaired) electrons. The van der Waals surface area contributed by atoms with Crippen molar-refractivity contribution in [2.45, 2.75) is 26.9 Å². The fourth-order valence-electron chi connectivity index (χ4n) is 2.01. The Hall–Kier alpha value is -1.82. The number of esters is 1. The molecule has 0 spiro atoms. The van der Waals surface area contributed by atoms with E-state index in [1.807, 2.05) is 20.0 Å². The second kappa shape index (κ2) is 6.30. The Morgan fingerprint density at radius 2 is 2.14 bits per heavy atom. The fraction of sp³-hybridized carbons (Fsp3) is 0.333. The van der Waals surface area contributed by atoms with E-state index in [2.05, 4.69) is 21.0 Å². The van der Waals surface area contributed by atoms with Gasteiger partial charge in [-0.25, -0.2) is 4.79 Å². The zero-order chi connectivity index (χ0) is 15.6. The highest BCUT2D eigenvalue weighted by atomic mass is 79.9. The molecule has 2 aromatic rings. The quantitative estimate of drug-likeness (QED) is 0.678. The van der Waals surface area contributed by atoms with E-state index in [0.29, 0.717) is 11.3 Å². The number of carbonyl (C=O) groups is 1. The lowest BCUT2D eigenvalue weighted by Gasteiger charge is -2.10. The van der Waals surface area contributed by atoms with Crippen molar-refractivity contribution in [2.24, 2.45) is 7.05 Å². The zero-order valence-electron chi connectivity index (χ0n) is 12.3. The third kappa shape index (κ3) is 3.44. The molecule has 0 unspecified atom stereocenters. The van der Waals surface area contributed by atoms with E-state index in [-0.39, 0.29) is 12.6 Å². The molecule has 5 nitrogen and oxygen atoms in total. The summed E-state index contributed by atoms with van der Waals surface area (Å²) in [6.45, 7) is 4.03. The van der Waals surface area contributed by atoms with Crippen molar-refractivity contribution in [1.29, 1.82) is 0 Å². The van der Waals surface area contributed by atoms with E-state index in [1.165, 1.54) is 0 Å². The Morgan fingerprint density at radius 1 is 1.43 bits per heavy atom. The van der Waals surface area contributed by atoms with Gasteiger partial charge in [0.2, 0.25) is 0 Å². The molecule has 2 N–H and O–H groups in total. The van der Waals surface area contributed by atoms with Gasteiger partial charge in [0.1, 0.15) is 6.61 Å².